The van der Waals surface area contributed by atoms with Crippen molar-refractivity contribution in [2.75, 3.05) is 12.5 Å². The van der Waals surface area contributed by atoms with Crippen LogP contribution in [0.5, 0.6) is 11.5 Å². The summed E-state index contributed by atoms with van der Waals surface area (Å²) in [5.41, 5.74) is 3.55. The van der Waals surface area contributed by atoms with Crippen LogP contribution in [0.4, 0.5) is 5.69 Å². The van der Waals surface area contributed by atoms with Crippen LogP contribution in [0.1, 0.15) is 12.5 Å². The van der Waals surface area contributed by atoms with Crippen LogP contribution < -0.4 is 15.8 Å². The molecule has 3 rings (SSSR count). The molecule has 0 aliphatic heterocycles. The fourth-order valence-corrected chi connectivity index (χ4v) is 2.33. The van der Waals surface area contributed by atoms with E-state index in [-0.39, 0.29) is 16.9 Å². The molecule has 1 aromatic heterocycles. The van der Waals surface area contributed by atoms with Gasteiger partial charge in [0.2, 0.25) is 0 Å². The number of hydrogen-bond donors (Lipinski definition) is 2. The number of benzene rings is 2. The number of nitrogens with one attached hydrogen (secondary N) is 1. The van der Waals surface area contributed by atoms with Crippen molar-refractivity contribution in [1.29, 1.82) is 0 Å². The molecule has 6 heteroatoms. The molecular formula is C18H16N2O4. The third-order valence-electron chi connectivity index (χ3n) is 3.58. The number of nitrogens with zero attached hydrogens (tertiary/aromatic N) is 1. The van der Waals surface area contributed by atoms with Crippen LogP contribution in [-0.4, -0.2) is 17.9 Å². The lowest BCUT2D eigenvalue weighted by Crippen LogP contribution is -2.14. The highest BCUT2D eigenvalue weighted by Gasteiger charge is 2.17. The molecule has 0 fully saturated rings. The van der Waals surface area contributed by atoms with E-state index in [9.17, 15) is 9.90 Å². The van der Waals surface area contributed by atoms with Gasteiger partial charge < -0.3 is 14.3 Å². The maximum Gasteiger partial charge on any atom is 0.349 e. The monoisotopic (exact) mass is 324 g/mol. The molecule has 0 saturated carbocycles. The third kappa shape index (κ3) is 2.94. The van der Waals surface area contributed by atoms with Gasteiger partial charge in [-0.1, -0.05) is 18.2 Å². The van der Waals surface area contributed by atoms with Gasteiger partial charge in [0.1, 0.15) is 22.6 Å². The average molecular weight is 324 g/mol. The molecule has 2 N–H and O–H groups in total. The summed E-state index contributed by atoms with van der Waals surface area (Å²) in [6, 6.07) is 14.2. The third-order valence-corrected chi connectivity index (χ3v) is 3.58. The minimum absolute atomic E-state index is 0.0242. The number of aromatic hydroxyl groups is 1. The first-order valence-electron chi connectivity index (χ1n) is 7.29. The number of anilines is 1. The highest BCUT2D eigenvalue weighted by atomic mass is 16.5. The number of ether oxygens (including phenoxy) is 1. The van der Waals surface area contributed by atoms with Crippen LogP contribution in [0.3, 0.4) is 0 Å². The number of para-hydroxylation sites is 1. The topological polar surface area (TPSA) is 84.1 Å². The number of hydrazone groups is 1. The molecule has 122 valence electrons. The zero-order chi connectivity index (χ0) is 17.1. The second kappa shape index (κ2) is 6.45. The van der Waals surface area contributed by atoms with Gasteiger partial charge in [-0.3, -0.25) is 5.43 Å². The van der Waals surface area contributed by atoms with E-state index in [2.05, 4.69) is 10.5 Å². The zero-order valence-corrected chi connectivity index (χ0v) is 13.2. The van der Waals surface area contributed by atoms with E-state index < -0.39 is 5.63 Å². The molecule has 0 unspecified atom stereocenters. The van der Waals surface area contributed by atoms with E-state index in [4.69, 9.17) is 9.15 Å². The molecular weight excluding hydrogens is 308 g/mol. The van der Waals surface area contributed by atoms with Gasteiger partial charge in [-0.2, -0.15) is 5.10 Å². The normalized spacial score (nSPS) is 11.5. The van der Waals surface area contributed by atoms with E-state index in [1.807, 2.05) is 30.3 Å². The van der Waals surface area contributed by atoms with Crippen molar-refractivity contribution in [3.8, 4) is 11.5 Å². The van der Waals surface area contributed by atoms with Crippen molar-refractivity contribution in [2.24, 2.45) is 5.10 Å². The lowest BCUT2D eigenvalue weighted by atomic mass is 10.1. The first-order chi connectivity index (χ1) is 11.6. The second-order valence-corrected chi connectivity index (χ2v) is 5.15. The Hall–Kier alpha value is -3.28. The number of hydrogen-bond acceptors (Lipinski definition) is 6. The summed E-state index contributed by atoms with van der Waals surface area (Å²) in [6.45, 7) is 1.62. The SMILES string of the molecule is COc1ccc2c(O)c(/C(C)=N/Nc3ccccc3)c(=O)oc2c1. The highest BCUT2D eigenvalue weighted by Crippen LogP contribution is 2.29. The Morgan fingerprint density at radius 3 is 2.67 bits per heavy atom. The fourth-order valence-electron chi connectivity index (χ4n) is 2.33. The van der Waals surface area contributed by atoms with Gasteiger partial charge in [-0.25, -0.2) is 4.79 Å². The van der Waals surface area contributed by atoms with Gasteiger partial charge in [-0.15, -0.1) is 0 Å². The van der Waals surface area contributed by atoms with Gasteiger partial charge in [0, 0.05) is 6.07 Å². The van der Waals surface area contributed by atoms with Crippen molar-refractivity contribution in [3.05, 3.63) is 64.5 Å². The Balaban J connectivity index is 2.04. The van der Waals surface area contributed by atoms with E-state index in [1.165, 1.54) is 7.11 Å². The first kappa shape index (κ1) is 15.6. The van der Waals surface area contributed by atoms with Crippen molar-refractivity contribution in [3.63, 3.8) is 0 Å². The molecule has 0 bridgehead atoms. The van der Waals surface area contributed by atoms with Crippen LogP contribution in [0.15, 0.2) is 62.8 Å². The maximum atomic E-state index is 12.2. The summed E-state index contributed by atoms with van der Waals surface area (Å²) < 4.78 is 10.4. The Morgan fingerprint density at radius 2 is 1.96 bits per heavy atom. The van der Waals surface area contributed by atoms with E-state index in [0.717, 1.165) is 5.69 Å². The Labute approximate surface area is 138 Å². The predicted octanol–water partition coefficient (Wildman–Crippen LogP) is 3.34. The highest BCUT2D eigenvalue weighted by molar-refractivity contribution is 6.04. The smallest absolute Gasteiger partial charge is 0.349 e. The lowest BCUT2D eigenvalue weighted by molar-refractivity contribution is 0.413. The molecule has 0 aliphatic rings. The molecule has 0 saturated heterocycles. The first-order valence-corrected chi connectivity index (χ1v) is 7.29. The van der Waals surface area contributed by atoms with Gasteiger partial charge >= 0.3 is 5.63 Å². The van der Waals surface area contributed by atoms with Crippen LogP contribution in [0.2, 0.25) is 0 Å². The predicted molar refractivity (Wildman–Crippen MR) is 93.0 cm³/mol. The van der Waals surface area contributed by atoms with E-state index >= 15 is 0 Å². The van der Waals surface area contributed by atoms with Crippen molar-refractivity contribution in [1.82, 2.24) is 0 Å². The number of rotatable bonds is 4. The molecule has 0 amide bonds. The lowest BCUT2D eigenvalue weighted by Gasteiger charge is -2.08. The van der Waals surface area contributed by atoms with Gasteiger partial charge in [-0.05, 0) is 31.2 Å². The van der Waals surface area contributed by atoms with Crippen LogP contribution in [0.25, 0.3) is 11.0 Å². The van der Waals surface area contributed by atoms with Crippen LogP contribution >= 0.6 is 0 Å². The summed E-state index contributed by atoms with van der Waals surface area (Å²) in [5.74, 6) is 0.369. The summed E-state index contributed by atoms with van der Waals surface area (Å²) in [5, 5.41) is 15.0. The molecule has 24 heavy (non-hydrogen) atoms. The second-order valence-electron chi connectivity index (χ2n) is 5.15. The van der Waals surface area contributed by atoms with Crippen LogP contribution in [-0.2, 0) is 0 Å². The van der Waals surface area contributed by atoms with Gasteiger partial charge in [0.15, 0.2) is 0 Å². The van der Waals surface area contributed by atoms with E-state index in [0.29, 0.717) is 16.8 Å². The molecule has 2 aromatic carbocycles. The standard InChI is InChI=1S/C18H16N2O4/c1-11(19-20-12-6-4-3-5-7-12)16-17(21)14-9-8-13(23-2)10-15(14)24-18(16)22/h3-10,20-21H,1-2H3/b19-11+. The Kier molecular flexibility index (Phi) is 4.20. The summed E-state index contributed by atoms with van der Waals surface area (Å²) >= 11 is 0. The van der Waals surface area contributed by atoms with E-state index in [1.54, 1.807) is 25.1 Å². The Bertz CT molecular complexity index is 962. The molecule has 1 heterocycles. The number of fused-ring (bicyclic) bond motifs is 1. The van der Waals surface area contributed by atoms with Crippen molar-refractivity contribution >= 4 is 22.4 Å². The summed E-state index contributed by atoms with van der Waals surface area (Å²) in [4.78, 5) is 12.2. The fraction of sp³-hybridized carbons (Fsp3) is 0.111. The molecule has 0 atom stereocenters. The van der Waals surface area contributed by atoms with Crippen LogP contribution in [0, 0.1) is 0 Å². The number of methoxy groups -OCH3 is 1. The largest absolute Gasteiger partial charge is 0.506 e. The average Bonchev–Trinajstić information content (AvgIpc) is 2.60. The summed E-state index contributed by atoms with van der Waals surface area (Å²) in [7, 11) is 1.51. The zero-order valence-electron chi connectivity index (χ0n) is 13.2. The summed E-state index contributed by atoms with van der Waals surface area (Å²) in [6.07, 6.45) is 0. The van der Waals surface area contributed by atoms with Gasteiger partial charge in [0.05, 0.1) is 23.9 Å². The maximum absolute atomic E-state index is 12.2. The molecule has 0 radical (unpaired) electrons. The molecule has 0 aliphatic carbocycles. The van der Waals surface area contributed by atoms with Crippen molar-refractivity contribution in [2.45, 2.75) is 6.92 Å². The molecule has 6 nitrogen and oxygen atoms in total. The Morgan fingerprint density at radius 1 is 1.21 bits per heavy atom. The minimum Gasteiger partial charge on any atom is -0.506 e. The quantitative estimate of drug-likeness (QED) is 0.437. The molecule has 0 spiro atoms. The van der Waals surface area contributed by atoms with Crippen molar-refractivity contribution < 1.29 is 14.3 Å². The molecule has 3 aromatic rings. The minimum atomic E-state index is -0.663. The van der Waals surface area contributed by atoms with Gasteiger partial charge in [0.25, 0.3) is 0 Å².